The van der Waals surface area contributed by atoms with E-state index in [9.17, 15) is 0 Å². The quantitative estimate of drug-likeness (QED) is 0.739. The van der Waals surface area contributed by atoms with E-state index in [2.05, 4.69) is 25.7 Å². The summed E-state index contributed by atoms with van der Waals surface area (Å²) < 4.78 is 0. The molecule has 0 saturated heterocycles. The van der Waals surface area contributed by atoms with Gasteiger partial charge < -0.3 is 10.6 Å². The third-order valence-corrected chi connectivity index (χ3v) is 4.10. The summed E-state index contributed by atoms with van der Waals surface area (Å²) in [6.07, 6.45) is 9.06. The SMILES string of the molecule is CCCC(C)CN(CCC)C1CCC(N)CC1. The molecule has 0 aliphatic heterocycles. The van der Waals surface area contributed by atoms with E-state index in [1.165, 1.54) is 58.0 Å². The van der Waals surface area contributed by atoms with Crippen LogP contribution in [0.1, 0.15) is 65.7 Å². The fraction of sp³-hybridized carbons (Fsp3) is 1.00. The van der Waals surface area contributed by atoms with Gasteiger partial charge in [0.25, 0.3) is 0 Å². The maximum Gasteiger partial charge on any atom is 0.00965 e. The summed E-state index contributed by atoms with van der Waals surface area (Å²) in [6.45, 7) is 9.56. The Kier molecular flexibility index (Phi) is 7.14. The second-order valence-electron chi connectivity index (χ2n) is 5.96. The van der Waals surface area contributed by atoms with Gasteiger partial charge in [-0.25, -0.2) is 0 Å². The third kappa shape index (κ3) is 5.39. The van der Waals surface area contributed by atoms with E-state index >= 15 is 0 Å². The van der Waals surface area contributed by atoms with E-state index in [1.807, 2.05) is 0 Å². The highest BCUT2D eigenvalue weighted by atomic mass is 15.2. The van der Waals surface area contributed by atoms with E-state index in [-0.39, 0.29) is 0 Å². The molecule has 2 nitrogen and oxygen atoms in total. The second-order valence-corrected chi connectivity index (χ2v) is 5.96. The van der Waals surface area contributed by atoms with Crippen LogP contribution in [0, 0.1) is 5.92 Å². The van der Waals surface area contributed by atoms with E-state index in [1.54, 1.807) is 0 Å². The van der Waals surface area contributed by atoms with Crippen LogP contribution >= 0.6 is 0 Å². The topological polar surface area (TPSA) is 29.3 Å². The number of nitrogens with two attached hydrogens (primary N) is 1. The van der Waals surface area contributed by atoms with Gasteiger partial charge in [-0.15, -0.1) is 0 Å². The molecule has 0 radical (unpaired) electrons. The average molecular weight is 240 g/mol. The van der Waals surface area contributed by atoms with Crippen LogP contribution in [0.2, 0.25) is 0 Å². The summed E-state index contributed by atoms with van der Waals surface area (Å²) in [6, 6.07) is 1.29. The number of rotatable bonds is 7. The minimum absolute atomic E-state index is 0.475. The smallest absolute Gasteiger partial charge is 0.00965 e. The van der Waals surface area contributed by atoms with Crippen molar-refractivity contribution in [1.29, 1.82) is 0 Å². The van der Waals surface area contributed by atoms with E-state index in [0.29, 0.717) is 6.04 Å². The molecule has 1 saturated carbocycles. The molecule has 0 aromatic carbocycles. The summed E-state index contributed by atoms with van der Waals surface area (Å²) in [5.41, 5.74) is 6.00. The van der Waals surface area contributed by atoms with Crippen LogP contribution in [0.3, 0.4) is 0 Å². The Morgan fingerprint density at radius 2 is 1.76 bits per heavy atom. The molecule has 102 valence electrons. The molecular formula is C15H32N2. The highest BCUT2D eigenvalue weighted by molar-refractivity contribution is 4.81. The van der Waals surface area contributed by atoms with Gasteiger partial charge in [-0.3, -0.25) is 0 Å². The van der Waals surface area contributed by atoms with Crippen molar-refractivity contribution in [2.45, 2.75) is 77.8 Å². The Morgan fingerprint density at radius 1 is 1.12 bits per heavy atom. The molecule has 1 aliphatic rings. The lowest BCUT2D eigenvalue weighted by molar-refractivity contribution is 0.129. The molecule has 0 spiro atoms. The van der Waals surface area contributed by atoms with Crippen molar-refractivity contribution < 1.29 is 0 Å². The molecular weight excluding hydrogens is 208 g/mol. The van der Waals surface area contributed by atoms with E-state index in [0.717, 1.165) is 12.0 Å². The van der Waals surface area contributed by atoms with E-state index < -0.39 is 0 Å². The minimum Gasteiger partial charge on any atom is -0.328 e. The maximum atomic E-state index is 6.00. The van der Waals surface area contributed by atoms with Crippen LogP contribution in [0.15, 0.2) is 0 Å². The van der Waals surface area contributed by atoms with Crippen molar-refractivity contribution >= 4 is 0 Å². The van der Waals surface area contributed by atoms with Gasteiger partial charge in [-0.1, -0.05) is 27.2 Å². The molecule has 0 aromatic rings. The second kappa shape index (κ2) is 8.10. The summed E-state index contributed by atoms with van der Waals surface area (Å²) in [5.74, 6) is 0.849. The minimum atomic E-state index is 0.475. The lowest BCUT2D eigenvalue weighted by Crippen LogP contribution is -2.43. The van der Waals surface area contributed by atoms with Crippen LogP contribution < -0.4 is 5.73 Å². The van der Waals surface area contributed by atoms with Gasteiger partial charge in [0.15, 0.2) is 0 Å². The summed E-state index contributed by atoms with van der Waals surface area (Å²) >= 11 is 0. The van der Waals surface area contributed by atoms with Gasteiger partial charge in [-0.2, -0.15) is 0 Å². The summed E-state index contributed by atoms with van der Waals surface area (Å²) in [4.78, 5) is 2.74. The first-order valence-electron chi connectivity index (χ1n) is 7.67. The number of hydrogen-bond acceptors (Lipinski definition) is 2. The highest BCUT2D eigenvalue weighted by Crippen LogP contribution is 2.23. The van der Waals surface area contributed by atoms with Crippen LogP contribution in [0.5, 0.6) is 0 Å². The van der Waals surface area contributed by atoms with Crippen molar-refractivity contribution in [3.8, 4) is 0 Å². The third-order valence-electron chi connectivity index (χ3n) is 4.10. The number of hydrogen-bond donors (Lipinski definition) is 1. The van der Waals surface area contributed by atoms with Gasteiger partial charge in [0.05, 0.1) is 0 Å². The lowest BCUT2D eigenvalue weighted by atomic mass is 9.90. The standard InChI is InChI=1S/C15H32N2/c1-4-6-13(3)12-17(11-5-2)15-9-7-14(16)8-10-15/h13-15H,4-12,16H2,1-3H3. The van der Waals surface area contributed by atoms with Crippen LogP contribution in [-0.4, -0.2) is 30.1 Å². The largest absolute Gasteiger partial charge is 0.328 e. The average Bonchev–Trinajstić information content (AvgIpc) is 2.30. The Bertz CT molecular complexity index is 185. The Balaban J connectivity index is 2.41. The van der Waals surface area contributed by atoms with Crippen molar-refractivity contribution in [2.24, 2.45) is 11.7 Å². The van der Waals surface area contributed by atoms with Crippen LogP contribution in [0.4, 0.5) is 0 Å². The molecule has 0 aromatic heterocycles. The van der Waals surface area contributed by atoms with Crippen LogP contribution in [0.25, 0.3) is 0 Å². The molecule has 0 amide bonds. The zero-order chi connectivity index (χ0) is 12.7. The molecule has 0 bridgehead atoms. The van der Waals surface area contributed by atoms with Crippen molar-refractivity contribution in [3.63, 3.8) is 0 Å². The Hall–Kier alpha value is -0.0800. The molecule has 1 atom stereocenters. The molecule has 2 heteroatoms. The highest BCUT2D eigenvalue weighted by Gasteiger charge is 2.24. The number of nitrogens with zero attached hydrogens (tertiary/aromatic N) is 1. The monoisotopic (exact) mass is 240 g/mol. The normalized spacial score (nSPS) is 27.4. The van der Waals surface area contributed by atoms with Crippen LogP contribution in [-0.2, 0) is 0 Å². The van der Waals surface area contributed by atoms with Crippen molar-refractivity contribution in [3.05, 3.63) is 0 Å². The lowest BCUT2D eigenvalue weighted by Gasteiger charge is -2.37. The predicted octanol–water partition coefficient (Wildman–Crippen LogP) is 3.40. The van der Waals surface area contributed by atoms with Gasteiger partial charge in [0.1, 0.15) is 0 Å². The van der Waals surface area contributed by atoms with Crippen molar-refractivity contribution in [1.82, 2.24) is 4.90 Å². The molecule has 17 heavy (non-hydrogen) atoms. The summed E-state index contributed by atoms with van der Waals surface area (Å²) in [5, 5.41) is 0. The molecule has 1 unspecified atom stereocenters. The zero-order valence-corrected chi connectivity index (χ0v) is 12.1. The first kappa shape index (κ1) is 15.0. The molecule has 1 fully saturated rings. The summed E-state index contributed by atoms with van der Waals surface area (Å²) in [7, 11) is 0. The molecule has 0 heterocycles. The zero-order valence-electron chi connectivity index (χ0n) is 12.1. The molecule has 1 aliphatic carbocycles. The van der Waals surface area contributed by atoms with Gasteiger partial charge >= 0.3 is 0 Å². The predicted molar refractivity (Wildman–Crippen MR) is 76.2 cm³/mol. The first-order valence-corrected chi connectivity index (χ1v) is 7.67. The first-order chi connectivity index (χ1) is 8.17. The van der Waals surface area contributed by atoms with Crippen molar-refractivity contribution in [2.75, 3.05) is 13.1 Å². The Morgan fingerprint density at radius 3 is 2.29 bits per heavy atom. The fourth-order valence-corrected chi connectivity index (χ4v) is 3.16. The fourth-order valence-electron chi connectivity index (χ4n) is 3.16. The molecule has 2 N–H and O–H groups in total. The van der Waals surface area contributed by atoms with Gasteiger partial charge in [0, 0.05) is 18.6 Å². The molecule has 1 rings (SSSR count). The van der Waals surface area contributed by atoms with Gasteiger partial charge in [-0.05, 0) is 51.0 Å². The van der Waals surface area contributed by atoms with E-state index in [4.69, 9.17) is 5.73 Å². The van der Waals surface area contributed by atoms with Gasteiger partial charge in [0.2, 0.25) is 0 Å². The maximum absolute atomic E-state index is 6.00. The Labute approximate surface area is 108 Å².